The Hall–Kier alpha value is -0.760. The number of thioether (sulfide) groups is 1. The summed E-state index contributed by atoms with van der Waals surface area (Å²) in [7, 11) is -3.30. The van der Waals surface area contributed by atoms with Crippen LogP contribution in [0.3, 0.4) is 0 Å². The van der Waals surface area contributed by atoms with Gasteiger partial charge in [0, 0.05) is 28.9 Å². The first-order chi connectivity index (χ1) is 10.0. The Balaban J connectivity index is 1.90. The highest BCUT2D eigenvalue weighted by atomic mass is 32.2. The van der Waals surface area contributed by atoms with E-state index in [2.05, 4.69) is 0 Å². The van der Waals surface area contributed by atoms with Crippen LogP contribution < -0.4 is 5.73 Å². The summed E-state index contributed by atoms with van der Waals surface area (Å²) < 4.78 is 26.3. The van der Waals surface area contributed by atoms with E-state index >= 15 is 0 Å². The summed E-state index contributed by atoms with van der Waals surface area (Å²) in [6.45, 7) is 0.0774. The molecule has 0 heterocycles. The lowest BCUT2D eigenvalue weighted by Crippen LogP contribution is -2.46. The molecular weight excluding hydrogens is 308 g/mol. The Morgan fingerprint density at radius 2 is 2.14 bits per heavy atom. The van der Waals surface area contributed by atoms with E-state index in [0.717, 1.165) is 24.2 Å². The highest BCUT2D eigenvalue weighted by Gasteiger charge is 2.32. The van der Waals surface area contributed by atoms with Gasteiger partial charge < -0.3 is 10.8 Å². The van der Waals surface area contributed by atoms with E-state index < -0.39 is 10.0 Å². The lowest BCUT2D eigenvalue weighted by Gasteiger charge is -2.36. The lowest BCUT2D eigenvalue weighted by molar-refractivity contribution is 0.178. The zero-order valence-corrected chi connectivity index (χ0v) is 13.6. The summed E-state index contributed by atoms with van der Waals surface area (Å²) in [6, 6.07) is 7.51. The second-order valence-corrected chi connectivity index (χ2v) is 8.37. The van der Waals surface area contributed by atoms with E-state index in [4.69, 9.17) is 10.8 Å². The number of benzene rings is 1. The van der Waals surface area contributed by atoms with Gasteiger partial charge in [0.1, 0.15) is 0 Å². The zero-order valence-electron chi connectivity index (χ0n) is 11.9. The normalized spacial score (nSPS) is 16.1. The molecule has 21 heavy (non-hydrogen) atoms. The van der Waals surface area contributed by atoms with Gasteiger partial charge in [-0.15, -0.1) is 11.8 Å². The van der Waals surface area contributed by atoms with Crippen LogP contribution in [0.5, 0.6) is 0 Å². The predicted octanol–water partition coefficient (Wildman–Crippen LogP) is 1.54. The lowest BCUT2D eigenvalue weighted by atomic mass is 9.93. The summed E-state index contributed by atoms with van der Waals surface area (Å²) in [5, 5.41) is 9.08. The Kier molecular flexibility index (Phi) is 5.92. The fraction of sp³-hybridized carbons (Fsp3) is 0.571. The molecule has 0 saturated heterocycles. The molecule has 1 aliphatic rings. The second kappa shape index (κ2) is 7.49. The molecule has 7 heteroatoms. The second-order valence-electron chi connectivity index (χ2n) is 5.16. The Morgan fingerprint density at radius 1 is 1.38 bits per heavy atom. The van der Waals surface area contributed by atoms with Crippen molar-refractivity contribution in [2.75, 3.05) is 30.4 Å². The summed E-state index contributed by atoms with van der Waals surface area (Å²) in [4.78, 5) is 0.975. The van der Waals surface area contributed by atoms with Crippen LogP contribution in [0.2, 0.25) is 0 Å². The van der Waals surface area contributed by atoms with Crippen LogP contribution in [0.4, 0.5) is 5.69 Å². The molecule has 3 N–H and O–H groups in total. The molecule has 1 aromatic rings. The zero-order chi connectivity index (χ0) is 15.3. The molecule has 0 atom stereocenters. The molecule has 0 aliphatic heterocycles. The molecule has 1 aromatic carbocycles. The fourth-order valence-electron chi connectivity index (χ4n) is 2.31. The smallest absolute Gasteiger partial charge is 0.215 e. The van der Waals surface area contributed by atoms with Crippen molar-refractivity contribution in [2.45, 2.75) is 30.2 Å². The van der Waals surface area contributed by atoms with Crippen LogP contribution in [0.25, 0.3) is 0 Å². The van der Waals surface area contributed by atoms with Crippen molar-refractivity contribution in [3.8, 4) is 0 Å². The SMILES string of the molecule is Nc1cccc(SCCS(=O)(=O)N(CCO)C2CCC2)c1. The van der Waals surface area contributed by atoms with Gasteiger partial charge in [-0.05, 0) is 31.0 Å². The van der Waals surface area contributed by atoms with E-state index in [9.17, 15) is 8.42 Å². The Bertz CT molecular complexity index is 559. The number of nitrogen functional groups attached to an aromatic ring is 1. The van der Waals surface area contributed by atoms with Gasteiger partial charge in [0.05, 0.1) is 12.4 Å². The van der Waals surface area contributed by atoms with Gasteiger partial charge in [0.2, 0.25) is 10.0 Å². The van der Waals surface area contributed by atoms with Crippen molar-refractivity contribution in [1.29, 1.82) is 0 Å². The molecule has 2 rings (SSSR count). The highest BCUT2D eigenvalue weighted by molar-refractivity contribution is 8.00. The maximum Gasteiger partial charge on any atom is 0.215 e. The van der Waals surface area contributed by atoms with Crippen LogP contribution >= 0.6 is 11.8 Å². The summed E-state index contributed by atoms with van der Waals surface area (Å²) in [5.74, 6) is 0.573. The summed E-state index contributed by atoms with van der Waals surface area (Å²) in [5.41, 5.74) is 6.38. The standard InChI is InChI=1S/C14H22N2O3S2/c15-12-3-1-6-14(11-12)20-9-10-21(18,19)16(7-8-17)13-4-2-5-13/h1,3,6,11,13,17H,2,4-5,7-10,15H2. The molecule has 0 aromatic heterocycles. The number of hydrogen-bond donors (Lipinski definition) is 2. The van der Waals surface area contributed by atoms with Crippen molar-refractivity contribution in [1.82, 2.24) is 4.31 Å². The quantitative estimate of drug-likeness (QED) is 0.558. The van der Waals surface area contributed by atoms with Gasteiger partial charge in [0.25, 0.3) is 0 Å². The van der Waals surface area contributed by atoms with Crippen LogP contribution in [0, 0.1) is 0 Å². The number of nitrogens with two attached hydrogens (primary N) is 1. The first kappa shape index (κ1) is 16.6. The number of anilines is 1. The van der Waals surface area contributed by atoms with Crippen molar-refractivity contribution < 1.29 is 13.5 Å². The van der Waals surface area contributed by atoms with Crippen molar-refractivity contribution >= 4 is 27.5 Å². The van der Waals surface area contributed by atoms with Gasteiger partial charge in [-0.25, -0.2) is 8.42 Å². The van der Waals surface area contributed by atoms with E-state index in [-0.39, 0.29) is 24.9 Å². The highest BCUT2D eigenvalue weighted by Crippen LogP contribution is 2.28. The van der Waals surface area contributed by atoms with E-state index in [0.29, 0.717) is 11.4 Å². The van der Waals surface area contributed by atoms with Crippen molar-refractivity contribution in [3.63, 3.8) is 0 Å². The van der Waals surface area contributed by atoms with Gasteiger partial charge in [-0.3, -0.25) is 0 Å². The first-order valence-electron chi connectivity index (χ1n) is 7.11. The van der Waals surface area contributed by atoms with Crippen LogP contribution in [-0.2, 0) is 10.0 Å². The Labute approximate surface area is 130 Å². The molecule has 118 valence electrons. The third kappa shape index (κ3) is 4.60. The molecule has 0 spiro atoms. The molecule has 0 radical (unpaired) electrons. The molecule has 0 bridgehead atoms. The van der Waals surface area contributed by atoms with Crippen molar-refractivity contribution in [2.24, 2.45) is 0 Å². The van der Waals surface area contributed by atoms with Gasteiger partial charge in [-0.1, -0.05) is 12.5 Å². The number of rotatable bonds is 8. The largest absolute Gasteiger partial charge is 0.399 e. The Morgan fingerprint density at radius 3 is 2.71 bits per heavy atom. The first-order valence-corrected chi connectivity index (χ1v) is 9.71. The predicted molar refractivity (Wildman–Crippen MR) is 86.8 cm³/mol. The van der Waals surface area contributed by atoms with E-state index in [1.165, 1.54) is 16.1 Å². The van der Waals surface area contributed by atoms with Gasteiger partial charge >= 0.3 is 0 Å². The maximum absolute atomic E-state index is 12.4. The molecule has 0 amide bonds. The number of aliphatic hydroxyl groups is 1. The number of hydrogen-bond acceptors (Lipinski definition) is 5. The molecule has 1 fully saturated rings. The number of sulfonamides is 1. The van der Waals surface area contributed by atoms with E-state index in [1.807, 2.05) is 18.2 Å². The number of nitrogens with zero attached hydrogens (tertiary/aromatic N) is 1. The minimum atomic E-state index is -3.30. The maximum atomic E-state index is 12.4. The molecule has 1 saturated carbocycles. The van der Waals surface area contributed by atoms with Crippen LogP contribution in [0.15, 0.2) is 29.2 Å². The molecule has 1 aliphatic carbocycles. The average Bonchev–Trinajstić information content (AvgIpc) is 2.36. The molecule has 5 nitrogen and oxygen atoms in total. The van der Waals surface area contributed by atoms with Crippen LogP contribution in [-0.4, -0.2) is 48.5 Å². The van der Waals surface area contributed by atoms with E-state index in [1.54, 1.807) is 6.07 Å². The minimum absolute atomic E-state index is 0.0829. The van der Waals surface area contributed by atoms with Gasteiger partial charge in [-0.2, -0.15) is 4.31 Å². The third-order valence-electron chi connectivity index (χ3n) is 3.63. The summed E-state index contributed by atoms with van der Waals surface area (Å²) >= 11 is 1.49. The molecular formula is C14H22N2O3S2. The minimum Gasteiger partial charge on any atom is -0.399 e. The topological polar surface area (TPSA) is 83.6 Å². The van der Waals surface area contributed by atoms with Gasteiger partial charge in [0.15, 0.2) is 0 Å². The number of aliphatic hydroxyl groups excluding tert-OH is 1. The summed E-state index contributed by atoms with van der Waals surface area (Å²) in [6.07, 6.45) is 2.88. The third-order valence-corrected chi connectivity index (χ3v) is 6.80. The monoisotopic (exact) mass is 330 g/mol. The average molecular weight is 330 g/mol. The van der Waals surface area contributed by atoms with Crippen molar-refractivity contribution in [3.05, 3.63) is 24.3 Å². The van der Waals surface area contributed by atoms with Crippen LogP contribution in [0.1, 0.15) is 19.3 Å². The molecule has 0 unspecified atom stereocenters. The fourth-order valence-corrected chi connectivity index (χ4v) is 5.37.